The molecule has 2 N–H and O–H groups in total. The molecule has 4 nitrogen and oxygen atoms in total. The maximum absolute atomic E-state index is 9.88. The lowest BCUT2D eigenvalue weighted by molar-refractivity contribution is 0.123. The van der Waals surface area contributed by atoms with Crippen LogP contribution in [0.1, 0.15) is 38.8 Å². The van der Waals surface area contributed by atoms with Crippen molar-refractivity contribution in [1.82, 2.24) is 5.32 Å². The summed E-state index contributed by atoms with van der Waals surface area (Å²) in [6.07, 6.45) is 1.09. The van der Waals surface area contributed by atoms with E-state index in [9.17, 15) is 5.11 Å². The van der Waals surface area contributed by atoms with Crippen molar-refractivity contribution in [3.63, 3.8) is 0 Å². The van der Waals surface area contributed by atoms with Gasteiger partial charge in [-0.3, -0.25) is 0 Å². The highest BCUT2D eigenvalue weighted by molar-refractivity contribution is 5.41. The molecule has 0 spiro atoms. The Balaban J connectivity index is 2.33. The van der Waals surface area contributed by atoms with Gasteiger partial charge in [-0.25, -0.2) is 0 Å². The van der Waals surface area contributed by atoms with Gasteiger partial charge >= 0.3 is 0 Å². The minimum Gasteiger partial charge on any atom is -0.508 e. The zero-order chi connectivity index (χ0) is 15.0. The second kappa shape index (κ2) is 8.82. The Morgan fingerprint density at radius 1 is 1.20 bits per heavy atom. The van der Waals surface area contributed by atoms with E-state index < -0.39 is 0 Å². The van der Waals surface area contributed by atoms with Crippen molar-refractivity contribution in [3.05, 3.63) is 23.8 Å². The van der Waals surface area contributed by atoms with Crippen LogP contribution in [-0.2, 0) is 4.74 Å². The number of aromatic hydroxyl groups is 1. The normalized spacial score (nSPS) is 12.7. The smallest absolute Gasteiger partial charge is 0.120 e. The SMILES string of the molecule is COc1ccc(O)c(C(C)NCCOCCC(C)C)c1. The van der Waals surface area contributed by atoms with Crippen LogP contribution in [0, 0.1) is 5.92 Å². The van der Waals surface area contributed by atoms with E-state index in [0.29, 0.717) is 12.5 Å². The summed E-state index contributed by atoms with van der Waals surface area (Å²) in [6, 6.07) is 5.32. The maximum Gasteiger partial charge on any atom is 0.120 e. The van der Waals surface area contributed by atoms with Crippen molar-refractivity contribution in [3.8, 4) is 11.5 Å². The van der Waals surface area contributed by atoms with E-state index in [4.69, 9.17) is 9.47 Å². The van der Waals surface area contributed by atoms with E-state index >= 15 is 0 Å². The predicted molar refractivity (Wildman–Crippen MR) is 81.4 cm³/mol. The predicted octanol–water partition coefficient (Wildman–Crippen LogP) is 3.11. The van der Waals surface area contributed by atoms with E-state index in [2.05, 4.69) is 19.2 Å². The van der Waals surface area contributed by atoms with Gasteiger partial charge in [0.1, 0.15) is 11.5 Å². The summed E-state index contributed by atoms with van der Waals surface area (Å²) >= 11 is 0. The first-order valence-electron chi connectivity index (χ1n) is 7.22. The molecule has 1 rings (SSSR count). The van der Waals surface area contributed by atoms with Gasteiger partial charge in [-0.1, -0.05) is 13.8 Å². The fourth-order valence-corrected chi connectivity index (χ4v) is 1.89. The summed E-state index contributed by atoms with van der Waals surface area (Å²) in [5.74, 6) is 1.71. The van der Waals surface area contributed by atoms with Crippen LogP contribution in [-0.4, -0.2) is 32.0 Å². The fourth-order valence-electron chi connectivity index (χ4n) is 1.89. The maximum atomic E-state index is 9.88. The highest BCUT2D eigenvalue weighted by Crippen LogP contribution is 2.28. The molecule has 0 saturated heterocycles. The van der Waals surface area contributed by atoms with Crippen LogP contribution < -0.4 is 10.1 Å². The minimum atomic E-state index is 0.0544. The Morgan fingerprint density at radius 3 is 2.60 bits per heavy atom. The molecule has 114 valence electrons. The van der Waals surface area contributed by atoms with Crippen molar-refractivity contribution >= 4 is 0 Å². The molecule has 1 aromatic rings. The standard InChI is InChI=1S/C16H27NO3/c1-12(2)7-9-20-10-8-17-13(3)15-11-14(19-4)5-6-16(15)18/h5-6,11-13,17-18H,7-10H2,1-4H3. The molecule has 0 fully saturated rings. The summed E-state index contributed by atoms with van der Waals surface area (Å²) in [6.45, 7) is 8.64. The first kappa shape index (κ1) is 16.8. The first-order valence-corrected chi connectivity index (χ1v) is 7.22. The van der Waals surface area contributed by atoms with Crippen molar-refractivity contribution in [2.45, 2.75) is 33.2 Å². The summed E-state index contributed by atoms with van der Waals surface area (Å²) < 4.78 is 10.7. The zero-order valence-corrected chi connectivity index (χ0v) is 13.0. The van der Waals surface area contributed by atoms with Gasteiger partial charge in [-0.15, -0.1) is 0 Å². The van der Waals surface area contributed by atoms with Crippen LogP contribution in [0.15, 0.2) is 18.2 Å². The number of nitrogens with one attached hydrogen (secondary N) is 1. The lowest BCUT2D eigenvalue weighted by atomic mass is 10.1. The van der Waals surface area contributed by atoms with Crippen LogP contribution in [0.5, 0.6) is 11.5 Å². The molecule has 0 bridgehead atoms. The van der Waals surface area contributed by atoms with Gasteiger partial charge in [0.15, 0.2) is 0 Å². The Labute approximate surface area is 122 Å². The van der Waals surface area contributed by atoms with E-state index in [1.165, 1.54) is 0 Å². The number of hydrogen-bond acceptors (Lipinski definition) is 4. The van der Waals surface area contributed by atoms with E-state index in [1.54, 1.807) is 19.2 Å². The Bertz CT molecular complexity index is 393. The molecular formula is C16H27NO3. The molecule has 0 amide bonds. The molecule has 0 saturated carbocycles. The molecule has 4 heteroatoms. The molecule has 0 aliphatic heterocycles. The third kappa shape index (κ3) is 5.80. The molecule has 1 unspecified atom stereocenters. The molecule has 1 atom stereocenters. The molecule has 0 radical (unpaired) electrons. The van der Waals surface area contributed by atoms with Crippen LogP contribution in [0.2, 0.25) is 0 Å². The Kier molecular flexibility index (Phi) is 7.41. The van der Waals surface area contributed by atoms with Gasteiger partial charge in [0.2, 0.25) is 0 Å². The fraction of sp³-hybridized carbons (Fsp3) is 0.625. The lowest BCUT2D eigenvalue weighted by Gasteiger charge is -2.16. The second-order valence-electron chi connectivity index (χ2n) is 5.40. The number of hydrogen-bond donors (Lipinski definition) is 2. The number of phenolic OH excluding ortho intramolecular Hbond substituents is 1. The number of rotatable bonds is 9. The summed E-state index contributed by atoms with van der Waals surface area (Å²) in [5.41, 5.74) is 0.839. The minimum absolute atomic E-state index is 0.0544. The number of ether oxygens (including phenoxy) is 2. The summed E-state index contributed by atoms with van der Waals surface area (Å²) in [7, 11) is 1.62. The quantitative estimate of drug-likeness (QED) is 0.683. The van der Waals surface area contributed by atoms with E-state index in [1.807, 2.05) is 13.0 Å². The van der Waals surface area contributed by atoms with E-state index in [0.717, 1.165) is 30.9 Å². The highest BCUT2D eigenvalue weighted by atomic mass is 16.5. The molecule has 20 heavy (non-hydrogen) atoms. The highest BCUT2D eigenvalue weighted by Gasteiger charge is 2.10. The average molecular weight is 281 g/mol. The topological polar surface area (TPSA) is 50.7 Å². The van der Waals surface area contributed by atoms with Crippen molar-refractivity contribution in [1.29, 1.82) is 0 Å². The Hall–Kier alpha value is -1.26. The first-order chi connectivity index (χ1) is 9.54. The molecule has 1 aromatic carbocycles. The third-order valence-electron chi connectivity index (χ3n) is 3.24. The lowest BCUT2D eigenvalue weighted by Crippen LogP contribution is -2.23. The van der Waals surface area contributed by atoms with Gasteiger partial charge in [-0.2, -0.15) is 0 Å². The van der Waals surface area contributed by atoms with Crippen molar-refractivity contribution < 1.29 is 14.6 Å². The number of benzene rings is 1. The molecule has 0 aromatic heterocycles. The second-order valence-corrected chi connectivity index (χ2v) is 5.40. The van der Waals surface area contributed by atoms with Crippen LogP contribution in [0.25, 0.3) is 0 Å². The molecule has 0 aliphatic carbocycles. The summed E-state index contributed by atoms with van der Waals surface area (Å²) in [5, 5.41) is 13.2. The van der Waals surface area contributed by atoms with Gasteiger partial charge in [0, 0.05) is 24.8 Å². The van der Waals surface area contributed by atoms with Gasteiger partial charge in [0.05, 0.1) is 13.7 Å². The van der Waals surface area contributed by atoms with Crippen LogP contribution in [0.4, 0.5) is 0 Å². The Morgan fingerprint density at radius 2 is 1.95 bits per heavy atom. The molecule has 0 aliphatic rings. The molecular weight excluding hydrogens is 254 g/mol. The van der Waals surface area contributed by atoms with E-state index in [-0.39, 0.29) is 11.8 Å². The third-order valence-corrected chi connectivity index (χ3v) is 3.24. The van der Waals surface area contributed by atoms with Crippen molar-refractivity contribution in [2.75, 3.05) is 26.9 Å². The summed E-state index contributed by atoms with van der Waals surface area (Å²) in [4.78, 5) is 0. The average Bonchev–Trinajstić information content (AvgIpc) is 2.42. The van der Waals surface area contributed by atoms with Crippen LogP contribution in [0.3, 0.4) is 0 Å². The zero-order valence-electron chi connectivity index (χ0n) is 13.0. The van der Waals surface area contributed by atoms with Gasteiger partial charge < -0.3 is 19.9 Å². The van der Waals surface area contributed by atoms with Gasteiger partial charge in [-0.05, 0) is 37.5 Å². The monoisotopic (exact) mass is 281 g/mol. The van der Waals surface area contributed by atoms with Gasteiger partial charge in [0.25, 0.3) is 0 Å². The molecule has 0 heterocycles. The van der Waals surface area contributed by atoms with Crippen LogP contribution >= 0.6 is 0 Å². The number of phenols is 1. The number of methoxy groups -OCH3 is 1. The van der Waals surface area contributed by atoms with Crippen molar-refractivity contribution in [2.24, 2.45) is 5.92 Å². The largest absolute Gasteiger partial charge is 0.508 e.